The van der Waals surface area contributed by atoms with Gasteiger partial charge in [-0.2, -0.15) is 4.31 Å². The molecule has 2 fully saturated rings. The van der Waals surface area contributed by atoms with E-state index < -0.39 is 15.6 Å². The summed E-state index contributed by atoms with van der Waals surface area (Å²) in [5, 5.41) is -0.0338. The van der Waals surface area contributed by atoms with Crippen LogP contribution in [0.3, 0.4) is 0 Å². The number of imidazole rings is 1. The van der Waals surface area contributed by atoms with E-state index in [1.807, 2.05) is 0 Å². The van der Waals surface area contributed by atoms with Crippen molar-refractivity contribution in [1.29, 1.82) is 0 Å². The average Bonchev–Trinajstić information content (AvgIpc) is 3.31. The van der Waals surface area contributed by atoms with Crippen LogP contribution in [0.15, 0.2) is 41.8 Å². The van der Waals surface area contributed by atoms with Gasteiger partial charge in [0.2, 0.25) is 5.91 Å². The van der Waals surface area contributed by atoms with Gasteiger partial charge in [-0.1, -0.05) is 12.1 Å². The number of rotatable bonds is 4. The van der Waals surface area contributed by atoms with Crippen molar-refractivity contribution < 1.29 is 22.3 Å². The Hall–Kier alpha value is -2.30. The van der Waals surface area contributed by atoms with Crippen molar-refractivity contribution in [3.63, 3.8) is 0 Å². The Balaban J connectivity index is 1.66. The summed E-state index contributed by atoms with van der Waals surface area (Å²) in [6.45, 7) is 1.21. The number of aromatic nitrogens is 2. The number of carbonyl (C=O) groups is 1. The van der Waals surface area contributed by atoms with Gasteiger partial charge in [0.25, 0.3) is 10.0 Å². The second-order valence-corrected chi connectivity index (χ2v) is 9.48. The molecule has 1 atom stereocenters. The van der Waals surface area contributed by atoms with Crippen LogP contribution in [0.5, 0.6) is 0 Å². The molecule has 4 rings (SSSR count). The summed E-state index contributed by atoms with van der Waals surface area (Å²) in [6, 6.07) is 5.99. The fourth-order valence-electron chi connectivity index (χ4n) is 3.93. The summed E-state index contributed by atoms with van der Waals surface area (Å²) in [5.74, 6) is -0.485. The summed E-state index contributed by atoms with van der Waals surface area (Å²) < 4.78 is 48.1. The molecule has 1 aromatic heterocycles. The second-order valence-electron chi connectivity index (χ2n) is 7.60. The highest BCUT2D eigenvalue weighted by atomic mass is 32.2. The first-order chi connectivity index (χ1) is 13.8. The van der Waals surface area contributed by atoms with Crippen molar-refractivity contribution in [2.45, 2.75) is 30.0 Å². The molecule has 29 heavy (non-hydrogen) atoms. The van der Waals surface area contributed by atoms with Crippen molar-refractivity contribution in [3.8, 4) is 0 Å². The second kappa shape index (κ2) is 7.51. The fourth-order valence-corrected chi connectivity index (χ4v) is 5.42. The minimum absolute atomic E-state index is 0.0338. The molecule has 0 aliphatic carbocycles. The van der Waals surface area contributed by atoms with E-state index in [1.165, 1.54) is 29.0 Å². The predicted molar refractivity (Wildman–Crippen MR) is 102 cm³/mol. The van der Waals surface area contributed by atoms with E-state index in [0.717, 1.165) is 5.56 Å². The number of halogens is 1. The molecule has 0 N–H and O–H groups in total. The Labute approximate surface area is 168 Å². The first-order valence-corrected chi connectivity index (χ1v) is 10.8. The number of ether oxygens (including phenoxy) is 1. The molecule has 1 unspecified atom stereocenters. The molecule has 0 saturated carbocycles. The summed E-state index contributed by atoms with van der Waals surface area (Å²) in [4.78, 5) is 18.7. The molecule has 1 aromatic carbocycles. The highest BCUT2D eigenvalue weighted by molar-refractivity contribution is 7.89. The maximum absolute atomic E-state index is 13.3. The van der Waals surface area contributed by atoms with Gasteiger partial charge >= 0.3 is 0 Å². The first kappa shape index (κ1) is 20.0. The molecule has 2 aliphatic rings. The summed E-state index contributed by atoms with van der Waals surface area (Å²) in [7, 11) is -2.13. The maximum atomic E-state index is 13.3. The van der Waals surface area contributed by atoms with E-state index in [1.54, 1.807) is 28.6 Å². The maximum Gasteiger partial charge on any atom is 0.262 e. The zero-order valence-electron chi connectivity index (χ0n) is 16.1. The van der Waals surface area contributed by atoms with Crippen molar-refractivity contribution in [1.82, 2.24) is 18.8 Å². The summed E-state index contributed by atoms with van der Waals surface area (Å²) in [5.41, 5.74) is 0.0242. The van der Waals surface area contributed by atoms with E-state index in [4.69, 9.17) is 4.74 Å². The summed E-state index contributed by atoms with van der Waals surface area (Å²) in [6.07, 6.45) is 3.49. The van der Waals surface area contributed by atoms with Gasteiger partial charge in [-0.25, -0.2) is 17.8 Å². The quantitative estimate of drug-likeness (QED) is 0.738. The first-order valence-electron chi connectivity index (χ1n) is 9.41. The van der Waals surface area contributed by atoms with Crippen LogP contribution in [0, 0.1) is 5.82 Å². The van der Waals surface area contributed by atoms with E-state index in [0.29, 0.717) is 13.0 Å². The van der Waals surface area contributed by atoms with Gasteiger partial charge < -0.3 is 14.2 Å². The lowest BCUT2D eigenvalue weighted by molar-refractivity contribution is -0.137. The number of hydrogen-bond acceptors (Lipinski definition) is 5. The molecule has 8 nitrogen and oxygen atoms in total. The lowest BCUT2D eigenvalue weighted by Crippen LogP contribution is -2.56. The van der Waals surface area contributed by atoms with Crippen LogP contribution in [0.2, 0.25) is 0 Å². The van der Waals surface area contributed by atoms with Crippen molar-refractivity contribution in [2.24, 2.45) is 7.05 Å². The van der Waals surface area contributed by atoms with Crippen LogP contribution in [-0.2, 0) is 33.1 Å². The highest BCUT2D eigenvalue weighted by Crippen LogP contribution is 2.34. The minimum Gasteiger partial charge on any atom is -0.379 e. The Morgan fingerprint density at radius 1 is 1.28 bits per heavy atom. The van der Waals surface area contributed by atoms with E-state index in [-0.39, 0.29) is 49.4 Å². The number of sulfonamides is 1. The molecular weight excluding hydrogens is 399 g/mol. The Morgan fingerprint density at radius 2 is 2.03 bits per heavy atom. The van der Waals surface area contributed by atoms with Gasteiger partial charge in [-0.15, -0.1) is 0 Å². The molecule has 2 aromatic rings. The van der Waals surface area contributed by atoms with Crippen molar-refractivity contribution in [3.05, 3.63) is 48.2 Å². The van der Waals surface area contributed by atoms with Crippen LogP contribution in [0.4, 0.5) is 4.39 Å². The van der Waals surface area contributed by atoms with Gasteiger partial charge in [0.05, 0.1) is 18.5 Å². The number of benzene rings is 1. The molecule has 10 heteroatoms. The Bertz CT molecular complexity index is 999. The zero-order chi connectivity index (χ0) is 20.6. The minimum atomic E-state index is -3.84. The van der Waals surface area contributed by atoms with Crippen LogP contribution in [0.25, 0.3) is 0 Å². The van der Waals surface area contributed by atoms with Crippen molar-refractivity contribution >= 4 is 15.9 Å². The largest absolute Gasteiger partial charge is 0.379 e. The molecule has 1 amide bonds. The van der Waals surface area contributed by atoms with Gasteiger partial charge in [0, 0.05) is 45.9 Å². The third kappa shape index (κ3) is 3.79. The number of hydrogen-bond donors (Lipinski definition) is 0. The molecule has 2 saturated heterocycles. The monoisotopic (exact) mass is 422 g/mol. The third-order valence-corrected chi connectivity index (χ3v) is 7.27. The lowest BCUT2D eigenvalue weighted by atomic mass is 9.95. The molecule has 3 heterocycles. The van der Waals surface area contributed by atoms with Crippen LogP contribution >= 0.6 is 0 Å². The molecule has 2 aliphatic heterocycles. The number of amides is 1. The molecule has 1 spiro atoms. The van der Waals surface area contributed by atoms with E-state index in [2.05, 4.69) is 4.98 Å². The lowest BCUT2D eigenvalue weighted by Gasteiger charge is -2.40. The topological polar surface area (TPSA) is 84.7 Å². The standard InChI is InChI=1S/C19H23FN4O4S/c1-22-11-17(21-14-22)29(26,27)23-8-6-18(25)24(19(12-23)7-9-28-13-19)10-15-2-4-16(20)5-3-15/h2-5,11,14H,6-10,12-13H2,1H3. The van der Waals surface area contributed by atoms with E-state index >= 15 is 0 Å². The van der Waals surface area contributed by atoms with Crippen LogP contribution in [0.1, 0.15) is 18.4 Å². The SMILES string of the molecule is Cn1cnc(S(=O)(=O)N2CCC(=O)N(Cc3ccc(F)cc3)C3(CCOC3)C2)c1. The Morgan fingerprint density at radius 3 is 2.66 bits per heavy atom. The van der Waals surface area contributed by atoms with E-state index in [9.17, 15) is 17.6 Å². The Kier molecular flexibility index (Phi) is 5.18. The van der Waals surface area contributed by atoms with Crippen LogP contribution < -0.4 is 0 Å². The fraction of sp³-hybridized carbons (Fsp3) is 0.474. The van der Waals surface area contributed by atoms with Crippen molar-refractivity contribution in [2.75, 3.05) is 26.3 Å². The summed E-state index contributed by atoms with van der Waals surface area (Å²) >= 11 is 0. The molecule has 156 valence electrons. The highest BCUT2D eigenvalue weighted by Gasteiger charge is 2.48. The van der Waals surface area contributed by atoms with Gasteiger partial charge in [-0.3, -0.25) is 4.79 Å². The average molecular weight is 422 g/mol. The third-order valence-electron chi connectivity index (χ3n) is 5.54. The number of aryl methyl sites for hydroxylation is 1. The normalized spacial score (nSPS) is 23.7. The number of carbonyl (C=O) groups excluding carboxylic acids is 1. The molecular formula is C19H23FN4O4S. The van der Waals surface area contributed by atoms with Gasteiger partial charge in [0.1, 0.15) is 5.82 Å². The molecule has 0 bridgehead atoms. The predicted octanol–water partition coefficient (Wildman–Crippen LogP) is 1.14. The number of nitrogens with zero attached hydrogens (tertiary/aromatic N) is 4. The van der Waals surface area contributed by atoms with Gasteiger partial charge in [0.15, 0.2) is 5.03 Å². The van der Waals surface area contributed by atoms with Gasteiger partial charge in [-0.05, 0) is 24.1 Å². The molecule has 0 radical (unpaired) electrons. The zero-order valence-corrected chi connectivity index (χ0v) is 16.9. The van der Waals surface area contributed by atoms with Crippen LogP contribution in [-0.4, -0.2) is 64.9 Å². The smallest absolute Gasteiger partial charge is 0.262 e.